The molecule has 0 bridgehead atoms. The Labute approximate surface area is 178 Å². The second-order valence-electron chi connectivity index (χ2n) is 5.51. The predicted octanol–water partition coefficient (Wildman–Crippen LogP) is 6.13. The lowest BCUT2D eigenvalue weighted by Gasteiger charge is -2.11. The highest BCUT2D eigenvalue weighted by molar-refractivity contribution is 6.35. The number of ether oxygens (including phenoxy) is 2. The van der Waals surface area contributed by atoms with Gasteiger partial charge in [-0.1, -0.05) is 34.8 Å². The van der Waals surface area contributed by atoms with Crippen LogP contribution in [0.5, 0.6) is 11.8 Å². The summed E-state index contributed by atoms with van der Waals surface area (Å²) < 4.78 is 39.2. The molecule has 0 spiro atoms. The monoisotopic (exact) mass is 461 g/mol. The van der Waals surface area contributed by atoms with Crippen LogP contribution in [0.3, 0.4) is 0 Å². The van der Waals surface area contributed by atoms with Crippen LogP contribution in [0.25, 0.3) is 5.69 Å². The highest BCUT2D eigenvalue weighted by Gasteiger charge is 2.33. The van der Waals surface area contributed by atoms with Gasteiger partial charge in [-0.2, -0.15) is 9.78 Å². The second-order valence-corrected chi connectivity index (χ2v) is 6.79. The number of esters is 1. The Hall–Kier alpha value is -2.42. The number of carbonyl (C=O) groups is 1. The van der Waals surface area contributed by atoms with E-state index in [1.54, 1.807) is 6.92 Å². The molecule has 0 aliphatic heterocycles. The first kappa shape index (κ1) is 21.3. The molecule has 152 valence electrons. The van der Waals surface area contributed by atoms with Crippen molar-refractivity contribution in [1.29, 1.82) is 0 Å². The molecule has 0 aliphatic rings. The van der Waals surface area contributed by atoms with E-state index >= 15 is 0 Å². The summed E-state index contributed by atoms with van der Waals surface area (Å²) in [6, 6.07) is 7.18. The summed E-state index contributed by atoms with van der Waals surface area (Å²) in [7, 11) is 0. The number of halogens is 5. The van der Waals surface area contributed by atoms with E-state index < -0.39 is 29.5 Å². The van der Waals surface area contributed by atoms with Crippen molar-refractivity contribution >= 4 is 40.8 Å². The van der Waals surface area contributed by atoms with Crippen molar-refractivity contribution in [1.82, 2.24) is 14.8 Å². The van der Waals surface area contributed by atoms with Crippen LogP contribution in [-0.4, -0.2) is 27.3 Å². The zero-order valence-electron chi connectivity index (χ0n) is 14.7. The van der Waals surface area contributed by atoms with E-state index in [-0.39, 0.29) is 23.2 Å². The van der Waals surface area contributed by atoms with E-state index in [1.807, 2.05) is 0 Å². The minimum absolute atomic E-state index is 0.0228. The standard InChI is InChI=1S/C18H12Cl3F2N3O3/c1-2-28-18(27)15-14(16(22)23)17(29-13-6-4-10(20)8-24-13)26(25-15)12-5-3-9(19)7-11(12)21/h3-8,16H,2H2,1H3. The van der Waals surface area contributed by atoms with Gasteiger partial charge < -0.3 is 9.47 Å². The first-order valence-electron chi connectivity index (χ1n) is 8.14. The maximum atomic E-state index is 13.9. The maximum Gasteiger partial charge on any atom is 0.359 e. The Morgan fingerprint density at radius 1 is 1.17 bits per heavy atom. The molecular formula is C18H12Cl3F2N3O3. The van der Waals surface area contributed by atoms with Gasteiger partial charge in [0.05, 0.1) is 22.3 Å². The van der Waals surface area contributed by atoms with Gasteiger partial charge in [-0.25, -0.2) is 18.6 Å². The van der Waals surface area contributed by atoms with Gasteiger partial charge in [-0.15, -0.1) is 0 Å². The third-order valence-corrected chi connectivity index (χ3v) is 4.37. The lowest BCUT2D eigenvalue weighted by atomic mass is 10.2. The largest absolute Gasteiger partial charge is 0.461 e. The van der Waals surface area contributed by atoms with Gasteiger partial charge in [-0.05, 0) is 31.2 Å². The van der Waals surface area contributed by atoms with Gasteiger partial charge in [-0.3, -0.25) is 0 Å². The van der Waals surface area contributed by atoms with Crippen molar-refractivity contribution in [2.75, 3.05) is 6.61 Å². The van der Waals surface area contributed by atoms with Crippen molar-refractivity contribution in [3.63, 3.8) is 0 Å². The summed E-state index contributed by atoms with van der Waals surface area (Å²) in [5, 5.41) is 4.74. The molecule has 3 rings (SSSR count). The molecule has 3 aromatic rings. The molecule has 0 saturated heterocycles. The quantitative estimate of drug-likeness (QED) is 0.412. The van der Waals surface area contributed by atoms with Gasteiger partial charge >= 0.3 is 5.97 Å². The fourth-order valence-corrected chi connectivity index (χ4v) is 3.00. The number of hydrogen-bond donors (Lipinski definition) is 0. The molecule has 0 N–H and O–H groups in total. The molecule has 0 radical (unpaired) electrons. The van der Waals surface area contributed by atoms with Gasteiger partial charge in [0, 0.05) is 17.3 Å². The Balaban J connectivity index is 2.23. The van der Waals surface area contributed by atoms with Gasteiger partial charge in [0.1, 0.15) is 5.56 Å². The van der Waals surface area contributed by atoms with E-state index in [4.69, 9.17) is 44.3 Å². The molecule has 0 aliphatic carbocycles. The highest BCUT2D eigenvalue weighted by Crippen LogP contribution is 2.38. The summed E-state index contributed by atoms with van der Waals surface area (Å²) in [5.74, 6) is -1.51. The number of benzene rings is 1. The molecule has 2 heterocycles. The van der Waals surface area contributed by atoms with E-state index in [2.05, 4.69) is 10.1 Å². The molecule has 0 atom stereocenters. The van der Waals surface area contributed by atoms with Crippen LogP contribution in [0.4, 0.5) is 8.78 Å². The molecule has 0 saturated carbocycles. The lowest BCUT2D eigenvalue weighted by molar-refractivity contribution is 0.0508. The summed E-state index contributed by atoms with van der Waals surface area (Å²) in [6.07, 6.45) is -1.82. The van der Waals surface area contributed by atoms with Crippen LogP contribution in [0.1, 0.15) is 29.4 Å². The van der Waals surface area contributed by atoms with E-state index in [1.165, 1.54) is 36.5 Å². The summed E-state index contributed by atoms with van der Waals surface area (Å²) in [5.41, 5.74) is -1.19. The van der Waals surface area contributed by atoms with Crippen molar-refractivity contribution in [2.24, 2.45) is 0 Å². The number of pyridine rings is 1. The molecule has 0 fully saturated rings. The lowest BCUT2D eigenvalue weighted by Crippen LogP contribution is -2.09. The van der Waals surface area contributed by atoms with E-state index in [9.17, 15) is 13.6 Å². The molecular weight excluding hydrogens is 451 g/mol. The third-order valence-electron chi connectivity index (χ3n) is 3.60. The molecule has 0 unspecified atom stereocenters. The smallest absolute Gasteiger partial charge is 0.359 e. The maximum absolute atomic E-state index is 13.9. The van der Waals surface area contributed by atoms with Gasteiger partial charge in [0.25, 0.3) is 6.43 Å². The number of nitrogens with zero attached hydrogens (tertiary/aromatic N) is 3. The highest BCUT2D eigenvalue weighted by atomic mass is 35.5. The minimum Gasteiger partial charge on any atom is -0.461 e. The third kappa shape index (κ3) is 4.60. The van der Waals surface area contributed by atoms with Crippen LogP contribution < -0.4 is 4.74 Å². The van der Waals surface area contributed by atoms with Crippen molar-refractivity contribution in [2.45, 2.75) is 13.3 Å². The Morgan fingerprint density at radius 3 is 2.48 bits per heavy atom. The first-order valence-corrected chi connectivity index (χ1v) is 9.28. The zero-order valence-corrected chi connectivity index (χ0v) is 17.0. The summed E-state index contributed by atoms with van der Waals surface area (Å²) >= 11 is 17.9. The number of hydrogen-bond acceptors (Lipinski definition) is 5. The summed E-state index contributed by atoms with van der Waals surface area (Å²) in [6.45, 7) is 1.52. The average Bonchev–Trinajstić information content (AvgIpc) is 3.03. The zero-order chi connectivity index (χ0) is 21.1. The number of aromatic nitrogens is 3. The SMILES string of the molecule is CCOC(=O)c1nn(-c2ccc(Cl)cc2Cl)c(Oc2ccc(Cl)cn2)c1C(F)F. The molecule has 11 heteroatoms. The van der Waals surface area contributed by atoms with Crippen LogP contribution in [0.2, 0.25) is 15.1 Å². The topological polar surface area (TPSA) is 66.2 Å². The molecule has 2 aromatic heterocycles. The fourth-order valence-electron chi connectivity index (χ4n) is 2.40. The Kier molecular flexibility index (Phi) is 6.56. The fraction of sp³-hybridized carbons (Fsp3) is 0.167. The number of alkyl halides is 2. The number of carbonyl (C=O) groups excluding carboxylic acids is 1. The van der Waals surface area contributed by atoms with Gasteiger partial charge in [0.2, 0.25) is 11.8 Å². The van der Waals surface area contributed by atoms with Gasteiger partial charge in [0.15, 0.2) is 5.69 Å². The first-order chi connectivity index (χ1) is 13.8. The van der Waals surface area contributed by atoms with Crippen LogP contribution in [0, 0.1) is 0 Å². The van der Waals surface area contributed by atoms with E-state index in [0.29, 0.717) is 10.0 Å². The summed E-state index contributed by atoms with van der Waals surface area (Å²) in [4.78, 5) is 16.2. The second kappa shape index (κ2) is 8.94. The molecule has 1 aromatic carbocycles. The van der Waals surface area contributed by atoms with Crippen molar-refractivity contribution in [3.8, 4) is 17.4 Å². The minimum atomic E-state index is -3.10. The molecule has 29 heavy (non-hydrogen) atoms. The Morgan fingerprint density at radius 2 is 1.90 bits per heavy atom. The van der Waals surface area contributed by atoms with Crippen LogP contribution in [-0.2, 0) is 4.74 Å². The van der Waals surface area contributed by atoms with Crippen molar-refractivity contribution in [3.05, 3.63) is 62.9 Å². The Bertz CT molecular complexity index is 1040. The van der Waals surface area contributed by atoms with E-state index in [0.717, 1.165) is 4.68 Å². The molecule has 0 amide bonds. The average molecular weight is 463 g/mol. The predicted molar refractivity (Wildman–Crippen MR) is 104 cm³/mol. The number of rotatable bonds is 6. The van der Waals surface area contributed by atoms with Crippen LogP contribution >= 0.6 is 34.8 Å². The normalized spacial score (nSPS) is 11.0. The van der Waals surface area contributed by atoms with Crippen molar-refractivity contribution < 1.29 is 23.0 Å². The molecule has 6 nitrogen and oxygen atoms in total. The van der Waals surface area contributed by atoms with Crippen LogP contribution in [0.15, 0.2) is 36.5 Å².